The van der Waals surface area contributed by atoms with E-state index in [-0.39, 0.29) is 0 Å². The molecule has 0 bridgehead atoms. The molecule has 0 aromatic heterocycles. The van der Waals surface area contributed by atoms with Crippen molar-refractivity contribution in [3.63, 3.8) is 0 Å². The van der Waals surface area contributed by atoms with Crippen molar-refractivity contribution >= 4 is 27.5 Å². The fraction of sp³-hybridized carbons (Fsp3) is 0.500. The molecule has 0 fully saturated rings. The first kappa shape index (κ1) is 10.2. The molecule has 1 atom stereocenters. The van der Waals surface area contributed by atoms with Gasteiger partial charge in [0.2, 0.25) is 0 Å². The lowest BCUT2D eigenvalue weighted by molar-refractivity contribution is 0.614. The topological polar surface area (TPSA) is 0 Å². The van der Waals surface area contributed by atoms with Gasteiger partial charge in [-0.15, -0.1) is 6.58 Å². The van der Waals surface area contributed by atoms with Crippen LogP contribution in [0, 0.1) is 5.92 Å². The maximum atomic E-state index is 5.64. The lowest BCUT2D eigenvalue weighted by atomic mass is 10.0. The molecule has 10 heavy (non-hydrogen) atoms. The van der Waals surface area contributed by atoms with Crippen molar-refractivity contribution in [2.45, 2.75) is 12.8 Å². The molecule has 0 rings (SSSR count). The summed E-state index contributed by atoms with van der Waals surface area (Å²) >= 11 is 9.04. The summed E-state index contributed by atoms with van der Waals surface area (Å²) in [5.41, 5.74) is 0. The lowest BCUT2D eigenvalue weighted by Gasteiger charge is -2.08. The average molecular weight is 224 g/mol. The molecular formula is C8H12BrCl. The van der Waals surface area contributed by atoms with Gasteiger partial charge in [-0.2, -0.15) is 0 Å². The van der Waals surface area contributed by atoms with Crippen molar-refractivity contribution in [3.05, 3.63) is 24.3 Å². The van der Waals surface area contributed by atoms with Gasteiger partial charge in [-0.1, -0.05) is 40.2 Å². The van der Waals surface area contributed by atoms with E-state index in [1.807, 2.05) is 6.08 Å². The summed E-state index contributed by atoms with van der Waals surface area (Å²) in [6, 6.07) is 0. The predicted molar refractivity (Wildman–Crippen MR) is 51.7 cm³/mol. The second-order valence-corrected chi connectivity index (χ2v) is 3.45. The molecule has 0 aromatic rings. The average Bonchev–Trinajstić information content (AvgIpc) is 1.86. The largest absolute Gasteiger partial charge is 0.103 e. The van der Waals surface area contributed by atoms with E-state index in [1.54, 1.807) is 0 Å². The molecule has 0 aromatic carbocycles. The van der Waals surface area contributed by atoms with Crippen LogP contribution in [0.25, 0.3) is 0 Å². The highest BCUT2D eigenvalue weighted by Gasteiger charge is 2.04. The van der Waals surface area contributed by atoms with Gasteiger partial charge >= 0.3 is 0 Å². The third-order valence-corrected chi connectivity index (χ3v) is 2.30. The van der Waals surface area contributed by atoms with Gasteiger partial charge in [0.1, 0.15) is 0 Å². The molecule has 0 nitrogen and oxygen atoms in total. The Labute approximate surface area is 76.1 Å². The smallest absolute Gasteiger partial charge is 0.0112 e. The van der Waals surface area contributed by atoms with E-state index in [4.69, 9.17) is 11.6 Å². The van der Waals surface area contributed by atoms with Crippen LogP contribution in [0.4, 0.5) is 0 Å². The Morgan fingerprint density at radius 3 is 2.60 bits per heavy atom. The van der Waals surface area contributed by atoms with Crippen LogP contribution >= 0.6 is 27.5 Å². The Balaban J connectivity index is 3.59. The normalized spacial score (nSPS) is 12.6. The first-order valence-corrected chi connectivity index (χ1v) is 4.70. The Kier molecular flexibility index (Phi) is 6.14. The number of hydrogen-bond donors (Lipinski definition) is 0. The molecule has 0 N–H and O–H groups in total. The summed E-state index contributed by atoms with van der Waals surface area (Å²) in [6.07, 6.45) is 3.78. The van der Waals surface area contributed by atoms with Gasteiger partial charge in [0.15, 0.2) is 0 Å². The molecule has 0 heterocycles. The minimum absolute atomic E-state index is 0.558. The first-order chi connectivity index (χ1) is 4.70. The maximum absolute atomic E-state index is 5.64. The second-order valence-electron chi connectivity index (χ2n) is 2.27. The molecule has 0 aliphatic rings. The monoisotopic (exact) mass is 222 g/mol. The van der Waals surface area contributed by atoms with Crippen molar-refractivity contribution in [1.29, 1.82) is 0 Å². The van der Waals surface area contributed by atoms with E-state index < -0.39 is 0 Å². The zero-order chi connectivity index (χ0) is 7.98. The van der Waals surface area contributed by atoms with Crippen LogP contribution in [0.15, 0.2) is 24.3 Å². The van der Waals surface area contributed by atoms with Crippen LogP contribution in [-0.2, 0) is 0 Å². The van der Waals surface area contributed by atoms with Crippen LogP contribution < -0.4 is 0 Å². The van der Waals surface area contributed by atoms with Crippen molar-refractivity contribution in [2.75, 3.05) is 5.33 Å². The SMILES string of the molecule is C=CCC(CBr)CC(=C)Cl. The van der Waals surface area contributed by atoms with Gasteiger partial charge in [0, 0.05) is 10.4 Å². The number of allylic oxidation sites excluding steroid dienone is 2. The van der Waals surface area contributed by atoms with Gasteiger partial charge in [0.25, 0.3) is 0 Å². The zero-order valence-corrected chi connectivity index (χ0v) is 8.29. The van der Waals surface area contributed by atoms with Crippen molar-refractivity contribution in [2.24, 2.45) is 5.92 Å². The number of rotatable bonds is 5. The summed E-state index contributed by atoms with van der Waals surface area (Å²) in [6.45, 7) is 7.30. The minimum Gasteiger partial charge on any atom is -0.103 e. The van der Waals surface area contributed by atoms with E-state index in [9.17, 15) is 0 Å². The standard InChI is InChI=1S/C8H12BrCl/c1-3-4-8(6-9)5-7(2)10/h3,8H,1-2,4-6H2. The predicted octanol–water partition coefficient (Wildman–Crippen LogP) is 3.72. The van der Waals surface area contributed by atoms with Crippen molar-refractivity contribution in [1.82, 2.24) is 0 Å². The zero-order valence-electron chi connectivity index (χ0n) is 5.95. The van der Waals surface area contributed by atoms with E-state index in [0.29, 0.717) is 5.92 Å². The first-order valence-electron chi connectivity index (χ1n) is 3.20. The molecule has 0 amide bonds. The Hall–Kier alpha value is 0.250. The second kappa shape index (κ2) is 5.99. The fourth-order valence-corrected chi connectivity index (χ4v) is 1.46. The lowest BCUT2D eigenvalue weighted by Crippen LogP contribution is -1.99. The molecule has 0 radical (unpaired) electrons. The Morgan fingerprint density at radius 1 is 1.70 bits per heavy atom. The number of hydrogen-bond acceptors (Lipinski definition) is 0. The Bertz CT molecular complexity index is 120. The summed E-state index contributed by atoms with van der Waals surface area (Å²) in [4.78, 5) is 0. The Morgan fingerprint density at radius 2 is 2.30 bits per heavy atom. The number of alkyl halides is 1. The van der Waals surface area contributed by atoms with Crippen LogP contribution in [0.2, 0.25) is 0 Å². The van der Waals surface area contributed by atoms with E-state index in [0.717, 1.165) is 23.2 Å². The third-order valence-electron chi connectivity index (χ3n) is 1.23. The third kappa shape index (κ3) is 5.07. The molecule has 0 saturated heterocycles. The van der Waals surface area contributed by atoms with E-state index >= 15 is 0 Å². The van der Waals surface area contributed by atoms with Crippen LogP contribution in [0.1, 0.15) is 12.8 Å². The molecule has 0 aliphatic heterocycles. The van der Waals surface area contributed by atoms with Gasteiger partial charge in [-0.25, -0.2) is 0 Å². The van der Waals surface area contributed by atoms with E-state index in [1.165, 1.54) is 0 Å². The quantitative estimate of drug-likeness (QED) is 0.492. The summed E-state index contributed by atoms with van der Waals surface area (Å²) in [5, 5.41) is 1.69. The summed E-state index contributed by atoms with van der Waals surface area (Å²) < 4.78 is 0. The minimum atomic E-state index is 0.558. The highest BCUT2D eigenvalue weighted by molar-refractivity contribution is 9.09. The number of halogens is 2. The summed E-state index contributed by atoms with van der Waals surface area (Å²) in [7, 11) is 0. The molecule has 1 unspecified atom stereocenters. The van der Waals surface area contributed by atoms with Crippen LogP contribution in [0.3, 0.4) is 0 Å². The fourth-order valence-electron chi connectivity index (χ4n) is 0.750. The van der Waals surface area contributed by atoms with Gasteiger partial charge < -0.3 is 0 Å². The van der Waals surface area contributed by atoms with Crippen molar-refractivity contribution in [3.8, 4) is 0 Å². The molecule has 0 saturated carbocycles. The molecule has 2 heteroatoms. The molecular weight excluding hydrogens is 211 g/mol. The molecule has 0 spiro atoms. The maximum Gasteiger partial charge on any atom is 0.0112 e. The summed E-state index contributed by atoms with van der Waals surface area (Å²) in [5.74, 6) is 0.558. The van der Waals surface area contributed by atoms with Gasteiger partial charge in [0.05, 0.1) is 0 Å². The molecule has 0 aliphatic carbocycles. The van der Waals surface area contributed by atoms with E-state index in [2.05, 4.69) is 29.1 Å². The van der Waals surface area contributed by atoms with Crippen LogP contribution in [0.5, 0.6) is 0 Å². The van der Waals surface area contributed by atoms with Crippen LogP contribution in [-0.4, -0.2) is 5.33 Å². The van der Waals surface area contributed by atoms with Gasteiger partial charge in [-0.3, -0.25) is 0 Å². The van der Waals surface area contributed by atoms with Gasteiger partial charge in [-0.05, 0) is 18.8 Å². The van der Waals surface area contributed by atoms with Crippen molar-refractivity contribution < 1.29 is 0 Å². The highest BCUT2D eigenvalue weighted by Crippen LogP contribution is 2.18. The molecule has 58 valence electrons. The highest BCUT2D eigenvalue weighted by atomic mass is 79.9.